The van der Waals surface area contributed by atoms with E-state index in [0.717, 1.165) is 16.9 Å². The zero-order valence-corrected chi connectivity index (χ0v) is 9.35. The zero-order chi connectivity index (χ0) is 10.7. The molecule has 0 aromatic heterocycles. The highest BCUT2D eigenvalue weighted by molar-refractivity contribution is 7.97. The van der Waals surface area contributed by atoms with E-state index in [2.05, 4.69) is 0 Å². The Balaban J connectivity index is 3.18. The molecule has 0 fully saturated rings. The number of hydrogen-bond acceptors (Lipinski definition) is 3. The van der Waals surface area contributed by atoms with Crippen LogP contribution in [-0.2, 0) is 5.75 Å². The quantitative estimate of drug-likeness (QED) is 0.570. The first-order valence-corrected chi connectivity index (χ1v) is 5.69. The van der Waals surface area contributed by atoms with Crippen LogP contribution in [0.15, 0.2) is 12.1 Å². The van der Waals surface area contributed by atoms with Gasteiger partial charge < -0.3 is 0 Å². The number of benzene rings is 1. The van der Waals surface area contributed by atoms with Crippen molar-refractivity contribution in [2.75, 3.05) is 6.26 Å². The van der Waals surface area contributed by atoms with Gasteiger partial charge in [-0.15, -0.1) is 0 Å². The van der Waals surface area contributed by atoms with Crippen molar-refractivity contribution in [1.82, 2.24) is 0 Å². The smallest absolute Gasteiger partial charge is 0.258 e. The normalized spacial score (nSPS) is 10.2. The molecule has 4 heteroatoms. The highest BCUT2D eigenvalue weighted by Gasteiger charge is 2.10. The molecule has 0 amide bonds. The van der Waals surface area contributed by atoms with Gasteiger partial charge in [0, 0.05) is 17.9 Å². The fourth-order valence-corrected chi connectivity index (χ4v) is 2.19. The molecule has 0 N–H and O–H groups in total. The first-order chi connectivity index (χ1) is 6.56. The van der Waals surface area contributed by atoms with Crippen LogP contribution >= 0.6 is 11.8 Å². The Kier molecular flexibility index (Phi) is 3.52. The summed E-state index contributed by atoms with van der Waals surface area (Å²) >= 11 is 1.73. The van der Waals surface area contributed by atoms with Crippen LogP contribution in [0.2, 0.25) is 0 Å². The van der Waals surface area contributed by atoms with Crippen molar-refractivity contribution in [2.24, 2.45) is 0 Å². The molecule has 0 atom stereocenters. The van der Waals surface area contributed by atoms with Gasteiger partial charge in [-0.3, -0.25) is 10.1 Å². The first-order valence-electron chi connectivity index (χ1n) is 4.29. The molecule has 0 radical (unpaired) electrons. The number of rotatable bonds is 3. The minimum absolute atomic E-state index is 0.185. The van der Waals surface area contributed by atoms with Crippen molar-refractivity contribution in [1.29, 1.82) is 0 Å². The van der Waals surface area contributed by atoms with Crippen molar-refractivity contribution in [3.63, 3.8) is 0 Å². The molecule has 0 aliphatic heterocycles. The van der Waals surface area contributed by atoms with Crippen LogP contribution in [-0.4, -0.2) is 11.2 Å². The average Bonchev–Trinajstić information content (AvgIpc) is 2.10. The minimum atomic E-state index is -0.344. The van der Waals surface area contributed by atoms with Gasteiger partial charge in [0.1, 0.15) is 0 Å². The predicted octanol–water partition coefficient (Wildman–Crippen LogP) is 3.07. The van der Waals surface area contributed by atoms with Crippen LogP contribution in [0.5, 0.6) is 0 Å². The summed E-state index contributed by atoms with van der Waals surface area (Å²) in [6.45, 7) is 3.84. The number of non-ortho nitro benzene ring substituents is 1. The maximum Gasteiger partial charge on any atom is 0.269 e. The van der Waals surface area contributed by atoms with Crippen LogP contribution in [0.4, 0.5) is 5.69 Å². The molecule has 1 aromatic carbocycles. The number of nitro benzene ring substituents is 1. The second kappa shape index (κ2) is 4.46. The summed E-state index contributed by atoms with van der Waals surface area (Å²) in [6, 6.07) is 3.27. The van der Waals surface area contributed by atoms with E-state index < -0.39 is 0 Å². The third-order valence-corrected chi connectivity index (χ3v) is 2.76. The Morgan fingerprint density at radius 1 is 1.36 bits per heavy atom. The van der Waals surface area contributed by atoms with Crippen LogP contribution in [0.25, 0.3) is 0 Å². The van der Waals surface area contributed by atoms with Gasteiger partial charge in [0.15, 0.2) is 0 Å². The van der Waals surface area contributed by atoms with E-state index in [4.69, 9.17) is 0 Å². The van der Waals surface area contributed by atoms with E-state index in [9.17, 15) is 10.1 Å². The summed E-state index contributed by atoms with van der Waals surface area (Å²) in [6.07, 6.45) is 2.03. The molecule has 0 spiro atoms. The van der Waals surface area contributed by atoms with E-state index in [-0.39, 0.29) is 10.6 Å². The van der Waals surface area contributed by atoms with Crippen molar-refractivity contribution in [2.45, 2.75) is 19.6 Å². The molecule has 0 unspecified atom stereocenters. The molecular weight excluding hydrogens is 198 g/mol. The van der Waals surface area contributed by atoms with Gasteiger partial charge in [-0.25, -0.2) is 0 Å². The first kappa shape index (κ1) is 11.0. The number of nitro groups is 1. The highest BCUT2D eigenvalue weighted by atomic mass is 32.2. The molecule has 1 rings (SSSR count). The third kappa shape index (κ3) is 2.26. The van der Waals surface area contributed by atoms with Crippen molar-refractivity contribution >= 4 is 17.4 Å². The monoisotopic (exact) mass is 211 g/mol. The van der Waals surface area contributed by atoms with Gasteiger partial charge in [-0.1, -0.05) is 0 Å². The van der Waals surface area contributed by atoms with Crippen LogP contribution in [0, 0.1) is 24.0 Å². The number of thioether (sulfide) groups is 1. The fourth-order valence-electron chi connectivity index (χ4n) is 1.45. The lowest BCUT2D eigenvalue weighted by Gasteiger charge is -2.07. The molecule has 0 aliphatic rings. The zero-order valence-electron chi connectivity index (χ0n) is 8.53. The Labute approximate surface area is 87.7 Å². The molecule has 14 heavy (non-hydrogen) atoms. The Morgan fingerprint density at radius 2 is 1.86 bits per heavy atom. The molecule has 0 heterocycles. The lowest BCUT2D eigenvalue weighted by molar-refractivity contribution is -0.385. The fraction of sp³-hybridized carbons (Fsp3) is 0.400. The van der Waals surface area contributed by atoms with E-state index in [1.165, 1.54) is 5.56 Å². The lowest BCUT2D eigenvalue weighted by atomic mass is 10.0. The van der Waals surface area contributed by atoms with Crippen LogP contribution < -0.4 is 0 Å². The Bertz CT molecular complexity index is 340. The molecule has 0 saturated heterocycles. The van der Waals surface area contributed by atoms with Gasteiger partial charge in [0.2, 0.25) is 0 Å². The van der Waals surface area contributed by atoms with Gasteiger partial charge in [0.25, 0.3) is 5.69 Å². The molecule has 3 nitrogen and oxygen atoms in total. The maximum atomic E-state index is 10.6. The lowest BCUT2D eigenvalue weighted by Crippen LogP contribution is -1.95. The van der Waals surface area contributed by atoms with Crippen molar-refractivity contribution in [3.8, 4) is 0 Å². The summed E-state index contributed by atoms with van der Waals surface area (Å²) < 4.78 is 0. The highest BCUT2D eigenvalue weighted by Crippen LogP contribution is 2.24. The molecule has 1 aromatic rings. The largest absolute Gasteiger partial charge is 0.269 e. The number of nitrogens with zero attached hydrogens (tertiary/aromatic N) is 1. The van der Waals surface area contributed by atoms with Crippen LogP contribution in [0.1, 0.15) is 16.7 Å². The summed E-state index contributed by atoms with van der Waals surface area (Å²) in [5.41, 5.74) is 3.41. The SMILES string of the molecule is CSCc1c(C)cc([N+](=O)[O-])cc1C. The molecule has 76 valence electrons. The minimum Gasteiger partial charge on any atom is -0.258 e. The van der Waals surface area contributed by atoms with Crippen molar-refractivity contribution < 1.29 is 4.92 Å². The second-order valence-corrected chi connectivity index (χ2v) is 4.11. The number of aryl methyl sites for hydroxylation is 2. The van der Waals surface area contributed by atoms with E-state index in [1.807, 2.05) is 20.1 Å². The topological polar surface area (TPSA) is 43.1 Å². The Hall–Kier alpha value is -1.03. The predicted molar refractivity (Wildman–Crippen MR) is 59.8 cm³/mol. The van der Waals surface area contributed by atoms with E-state index in [0.29, 0.717) is 0 Å². The molecule has 0 aliphatic carbocycles. The molecule has 0 bridgehead atoms. The van der Waals surface area contributed by atoms with Crippen LogP contribution in [0.3, 0.4) is 0 Å². The maximum absolute atomic E-state index is 10.6. The average molecular weight is 211 g/mol. The van der Waals surface area contributed by atoms with Gasteiger partial charge >= 0.3 is 0 Å². The molecule has 0 saturated carbocycles. The standard InChI is InChI=1S/C10H13NO2S/c1-7-4-9(11(12)13)5-8(2)10(7)6-14-3/h4-5H,6H2,1-3H3. The number of hydrogen-bond donors (Lipinski definition) is 0. The van der Waals surface area contributed by atoms with Gasteiger partial charge in [0.05, 0.1) is 4.92 Å². The summed E-state index contributed by atoms with van der Waals surface area (Å²) in [7, 11) is 0. The summed E-state index contributed by atoms with van der Waals surface area (Å²) in [5, 5.41) is 10.6. The third-order valence-electron chi connectivity index (χ3n) is 2.18. The Morgan fingerprint density at radius 3 is 2.21 bits per heavy atom. The van der Waals surface area contributed by atoms with Gasteiger partial charge in [-0.2, -0.15) is 11.8 Å². The summed E-state index contributed by atoms with van der Waals surface area (Å²) in [5.74, 6) is 0.912. The summed E-state index contributed by atoms with van der Waals surface area (Å²) in [4.78, 5) is 10.2. The van der Waals surface area contributed by atoms with Gasteiger partial charge in [-0.05, 0) is 36.8 Å². The van der Waals surface area contributed by atoms with E-state index >= 15 is 0 Å². The van der Waals surface area contributed by atoms with Crippen molar-refractivity contribution in [3.05, 3.63) is 38.9 Å². The molecular formula is C10H13NO2S. The van der Waals surface area contributed by atoms with E-state index in [1.54, 1.807) is 23.9 Å². The second-order valence-electron chi connectivity index (χ2n) is 3.25.